The fourth-order valence-corrected chi connectivity index (χ4v) is 8.47. The van der Waals surface area contributed by atoms with Gasteiger partial charge >= 0.3 is 11.9 Å². The molecule has 0 amide bonds. The second-order valence-electron chi connectivity index (χ2n) is 19.0. The summed E-state index contributed by atoms with van der Waals surface area (Å²) >= 11 is 0. The van der Waals surface area contributed by atoms with E-state index in [9.17, 15) is 45.3 Å². The largest absolute Gasteiger partial charge is 0.462 e. The summed E-state index contributed by atoms with van der Waals surface area (Å²) in [6, 6.07) is 0. The Balaban J connectivity index is 1.75. The van der Waals surface area contributed by atoms with Crippen LogP contribution >= 0.6 is 0 Å². The lowest BCUT2D eigenvalue weighted by molar-refractivity contribution is -0.332. The van der Waals surface area contributed by atoms with Crippen LogP contribution in [0.25, 0.3) is 0 Å². The summed E-state index contributed by atoms with van der Waals surface area (Å²) in [5, 5.41) is 72.0. The van der Waals surface area contributed by atoms with E-state index in [4.69, 9.17) is 28.4 Å². The molecule has 0 aliphatic carbocycles. The molecule has 0 aromatic carbocycles. The molecule has 0 radical (unpaired) electrons. The van der Waals surface area contributed by atoms with Gasteiger partial charge in [-0.3, -0.25) is 9.59 Å². The molecule has 2 heterocycles. The van der Waals surface area contributed by atoms with Gasteiger partial charge in [-0.25, -0.2) is 0 Å². The molecule has 398 valence electrons. The number of allylic oxidation sites excluding steroid dienone is 4. The molecule has 15 nitrogen and oxygen atoms in total. The lowest BCUT2D eigenvalue weighted by Crippen LogP contribution is -2.61. The molecule has 11 atom stereocenters. The van der Waals surface area contributed by atoms with Crippen molar-refractivity contribution in [3.8, 4) is 0 Å². The van der Waals surface area contributed by atoms with Crippen molar-refractivity contribution in [3.63, 3.8) is 0 Å². The number of hydrogen-bond acceptors (Lipinski definition) is 15. The maximum absolute atomic E-state index is 13.0. The molecule has 15 heteroatoms. The summed E-state index contributed by atoms with van der Waals surface area (Å²) in [5.74, 6) is -0.971. The predicted octanol–water partition coefficient (Wildman–Crippen LogP) is 7.94. The predicted molar refractivity (Wildman–Crippen MR) is 261 cm³/mol. The zero-order valence-corrected chi connectivity index (χ0v) is 42.1. The molecule has 7 N–H and O–H groups in total. The number of rotatable bonds is 42. The van der Waals surface area contributed by atoms with Crippen LogP contribution in [0.1, 0.15) is 206 Å². The minimum Gasteiger partial charge on any atom is -0.462 e. The van der Waals surface area contributed by atoms with Gasteiger partial charge in [0.15, 0.2) is 18.7 Å². The van der Waals surface area contributed by atoms with Crippen LogP contribution in [0.3, 0.4) is 0 Å². The minimum absolute atomic E-state index is 0.108. The van der Waals surface area contributed by atoms with Gasteiger partial charge in [-0.05, 0) is 44.9 Å². The van der Waals surface area contributed by atoms with Crippen molar-refractivity contribution in [3.05, 3.63) is 24.3 Å². The van der Waals surface area contributed by atoms with Gasteiger partial charge in [0.2, 0.25) is 0 Å². The molecule has 0 saturated carbocycles. The minimum atomic E-state index is -1.77. The highest BCUT2D eigenvalue weighted by Gasteiger charge is 2.47. The van der Waals surface area contributed by atoms with E-state index in [-0.39, 0.29) is 19.4 Å². The summed E-state index contributed by atoms with van der Waals surface area (Å²) in [7, 11) is 0. The monoisotopic (exact) mass is 973 g/mol. The molecule has 68 heavy (non-hydrogen) atoms. The van der Waals surface area contributed by atoms with Crippen molar-refractivity contribution in [2.75, 3.05) is 26.4 Å². The summed E-state index contributed by atoms with van der Waals surface area (Å²) in [4.78, 5) is 25.7. The number of carbonyl (C=O) groups is 2. The molecule has 2 aliphatic rings. The molecule has 4 unspecified atom stereocenters. The van der Waals surface area contributed by atoms with Crippen LogP contribution in [0, 0.1) is 0 Å². The molecular weight excluding hydrogens is 877 g/mol. The molecule has 0 spiro atoms. The Hall–Kier alpha value is -2.02. The highest BCUT2D eigenvalue weighted by molar-refractivity contribution is 5.70. The van der Waals surface area contributed by atoms with E-state index in [0.29, 0.717) is 19.3 Å². The van der Waals surface area contributed by atoms with Crippen LogP contribution in [-0.2, 0) is 38.0 Å². The first kappa shape index (κ1) is 62.1. The van der Waals surface area contributed by atoms with Crippen LogP contribution in [-0.4, -0.2) is 142 Å². The van der Waals surface area contributed by atoms with E-state index in [2.05, 4.69) is 38.2 Å². The first-order valence-electron chi connectivity index (χ1n) is 26.9. The van der Waals surface area contributed by atoms with Gasteiger partial charge in [-0.1, -0.05) is 173 Å². The van der Waals surface area contributed by atoms with Gasteiger partial charge in [0.25, 0.3) is 0 Å². The fourth-order valence-electron chi connectivity index (χ4n) is 8.47. The Labute approximate surface area is 409 Å². The number of ether oxygens (including phenoxy) is 6. The van der Waals surface area contributed by atoms with Crippen molar-refractivity contribution in [2.24, 2.45) is 0 Å². The number of hydrogen-bond donors (Lipinski definition) is 7. The van der Waals surface area contributed by atoms with Gasteiger partial charge in [0, 0.05) is 12.8 Å². The van der Waals surface area contributed by atoms with Crippen molar-refractivity contribution in [2.45, 2.75) is 274 Å². The first-order chi connectivity index (χ1) is 33.0. The maximum atomic E-state index is 13.0. The smallest absolute Gasteiger partial charge is 0.306 e. The van der Waals surface area contributed by atoms with Crippen molar-refractivity contribution in [1.82, 2.24) is 0 Å². The van der Waals surface area contributed by atoms with Gasteiger partial charge < -0.3 is 64.2 Å². The Bertz CT molecular complexity index is 1280. The Morgan fingerprint density at radius 2 is 0.868 bits per heavy atom. The van der Waals surface area contributed by atoms with E-state index in [1.165, 1.54) is 122 Å². The molecule has 2 fully saturated rings. The second kappa shape index (κ2) is 40.6. The third-order valence-corrected chi connectivity index (χ3v) is 12.9. The fraction of sp³-hybridized carbons (Fsp3) is 0.887. The van der Waals surface area contributed by atoms with E-state index in [1.807, 2.05) is 0 Å². The van der Waals surface area contributed by atoms with Crippen molar-refractivity contribution >= 4 is 11.9 Å². The summed E-state index contributed by atoms with van der Waals surface area (Å²) in [5.41, 5.74) is 0. The number of unbranched alkanes of at least 4 members (excludes halogenated alkanes) is 24. The van der Waals surface area contributed by atoms with E-state index >= 15 is 0 Å². The number of carbonyl (C=O) groups excluding carboxylic acids is 2. The zero-order valence-electron chi connectivity index (χ0n) is 42.1. The highest BCUT2D eigenvalue weighted by atomic mass is 16.7. The Morgan fingerprint density at radius 3 is 1.38 bits per heavy atom. The molecule has 0 bridgehead atoms. The summed E-state index contributed by atoms with van der Waals surface area (Å²) < 4.78 is 33.5. The van der Waals surface area contributed by atoms with Gasteiger partial charge in [0.05, 0.1) is 19.8 Å². The molecule has 2 aliphatic heterocycles. The van der Waals surface area contributed by atoms with Crippen molar-refractivity contribution < 1.29 is 73.8 Å². The Kier molecular flexibility index (Phi) is 37.0. The molecule has 0 aromatic heterocycles. The average Bonchev–Trinajstić information content (AvgIpc) is 3.33. The van der Waals surface area contributed by atoms with Gasteiger partial charge in [0.1, 0.15) is 55.4 Å². The standard InChI is InChI=1S/C53H96O15/c1-3-5-7-9-11-13-14-15-16-17-18-19-20-21-22-23-24-25-26-28-30-32-34-36-45(56)66-41(38-63-44(55)35-33-31-29-27-12-10-8-6-4-2)39-64-52-51(62)49(60)47(58)43(68-52)40-65-53-50(61)48(59)46(57)42(37-54)67-53/h23-24,28,30,41-43,46-54,57-62H,3-22,25-27,29,31-40H2,1-2H3/b24-23+,30-28+/t41-,42+,43+,46-,47-,48?,49?,50?,51?,52+,53+/m1/s1. The lowest BCUT2D eigenvalue weighted by Gasteiger charge is -2.42. The van der Waals surface area contributed by atoms with E-state index in [1.54, 1.807) is 0 Å². The topological polar surface area (TPSA) is 231 Å². The van der Waals surface area contributed by atoms with Crippen LogP contribution < -0.4 is 0 Å². The SMILES string of the molecule is CCCCCCCCCCCCCCCC/C=C/CC/C=C/CCCC(=O)O[C@H](COC(=O)CCCCCCCCCCC)CO[C@H]1O[C@@H](CO[C@H]2O[C@@H](CO)[C@@H](O)C(O)C2O)[C@@H](O)C(O)C1O. The molecule has 2 rings (SSSR count). The quantitative estimate of drug-likeness (QED) is 0.0175. The number of esters is 2. The van der Waals surface area contributed by atoms with Gasteiger partial charge in [-0.2, -0.15) is 0 Å². The number of aliphatic hydroxyl groups excluding tert-OH is 7. The lowest BCUT2D eigenvalue weighted by atomic mass is 9.98. The first-order valence-corrected chi connectivity index (χ1v) is 26.9. The molecular formula is C53H96O15. The van der Waals surface area contributed by atoms with Crippen LogP contribution in [0.5, 0.6) is 0 Å². The zero-order chi connectivity index (χ0) is 49.6. The second-order valence-corrected chi connectivity index (χ2v) is 19.0. The third kappa shape index (κ3) is 28.1. The van der Waals surface area contributed by atoms with Gasteiger partial charge in [-0.15, -0.1) is 0 Å². The van der Waals surface area contributed by atoms with Crippen LogP contribution in [0.2, 0.25) is 0 Å². The third-order valence-electron chi connectivity index (χ3n) is 12.9. The van der Waals surface area contributed by atoms with Crippen molar-refractivity contribution in [1.29, 1.82) is 0 Å². The highest BCUT2D eigenvalue weighted by Crippen LogP contribution is 2.26. The normalized spacial score (nSPS) is 25.9. The summed E-state index contributed by atoms with van der Waals surface area (Å²) in [6.45, 7) is 2.54. The number of aliphatic hydroxyl groups is 7. The maximum Gasteiger partial charge on any atom is 0.306 e. The average molecular weight is 973 g/mol. The molecule has 2 saturated heterocycles. The van der Waals surface area contributed by atoms with Crippen LogP contribution in [0.15, 0.2) is 24.3 Å². The van der Waals surface area contributed by atoms with Crippen LogP contribution in [0.4, 0.5) is 0 Å². The van der Waals surface area contributed by atoms with E-state index < -0.39 is 99.3 Å². The van der Waals surface area contributed by atoms with E-state index in [0.717, 1.165) is 38.5 Å². The summed E-state index contributed by atoms with van der Waals surface area (Å²) in [6.07, 6.45) is 25.3. The molecule has 0 aromatic rings. The Morgan fingerprint density at radius 1 is 0.456 bits per heavy atom.